The zero-order chi connectivity index (χ0) is 17.0. The Morgan fingerprint density at radius 1 is 1.30 bits per heavy atom. The van der Waals surface area contributed by atoms with Gasteiger partial charge in [0.25, 0.3) is 0 Å². The highest BCUT2D eigenvalue weighted by Gasteiger charge is 2.25. The van der Waals surface area contributed by atoms with Crippen molar-refractivity contribution in [1.29, 1.82) is 0 Å². The van der Waals surface area contributed by atoms with Crippen LogP contribution in [0.1, 0.15) is 26.7 Å². The van der Waals surface area contributed by atoms with Gasteiger partial charge in [0.15, 0.2) is 0 Å². The van der Waals surface area contributed by atoms with Gasteiger partial charge in [-0.25, -0.2) is 8.42 Å². The van der Waals surface area contributed by atoms with Crippen LogP contribution in [0.15, 0.2) is 24.3 Å². The molecule has 0 aliphatic carbocycles. The van der Waals surface area contributed by atoms with E-state index >= 15 is 0 Å². The Kier molecular flexibility index (Phi) is 5.51. The van der Waals surface area contributed by atoms with E-state index in [9.17, 15) is 13.2 Å². The number of nitrogens with zero attached hydrogens (tertiary/aromatic N) is 2. The summed E-state index contributed by atoms with van der Waals surface area (Å²) in [4.78, 5) is 14.0. The summed E-state index contributed by atoms with van der Waals surface area (Å²) in [7, 11) is -3.56. The van der Waals surface area contributed by atoms with Crippen LogP contribution in [0.5, 0.6) is 5.75 Å². The lowest BCUT2D eigenvalue weighted by molar-refractivity contribution is -0.128. The van der Waals surface area contributed by atoms with Crippen molar-refractivity contribution in [2.75, 3.05) is 30.2 Å². The molecule has 1 aromatic carbocycles. The molecule has 1 aliphatic heterocycles. The lowest BCUT2D eigenvalue weighted by Gasteiger charge is -2.25. The highest BCUT2D eigenvalue weighted by atomic mass is 32.2. The number of benzene rings is 1. The molecule has 1 aliphatic rings. The highest BCUT2D eigenvalue weighted by Crippen LogP contribution is 2.24. The van der Waals surface area contributed by atoms with Crippen molar-refractivity contribution in [2.24, 2.45) is 0 Å². The standard InChI is InChI=1S/C16H24N2O4S/c1-13(2)22-15-8-6-7-14(11-15)18(23(3,20)21)12-16(19)17-9-4-5-10-17/h6-8,11,13H,4-5,9-10,12H2,1-3H3. The van der Waals surface area contributed by atoms with Gasteiger partial charge in [-0.3, -0.25) is 9.10 Å². The van der Waals surface area contributed by atoms with Gasteiger partial charge in [-0.05, 0) is 38.8 Å². The van der Waals surface area contributed by atoms with Crippen molar-refractivity contribution in [3.8, 4) is 5.75 Å². The highest BCUT2D eigenvalue weighted by molar-refractivity contribution is 7.92. The molecule has 6 nitrogen and oxygen atoms in total. The summed E-state index contributed by atoms with van der Waals surface area (Å²) in [6.45, 7) is 5.03. The minimum absolute atomic E-state index is 0.0110. The number of hydrogen-bond acceptors (Lipinski definition) is 4. The van der Waals surface area contributed by atoms with Crippen LogP contribution >= 0.6 is 0 Å². The van der Waals surface area contributed by atoms with Gasteiger partial charge < -0.3 is 9.64 Å². The van der Waals surface area contributed by atoms with E-state index in [0.717, 1.165) is 23.4 Å². The molecule has 1 amide bonds. The smallest absolute Gasteiger partial charge is 0.243 e. The molecule has 0 unspecified atom stereocenters. The molecule has 0 atom stereocenters. The van der Waals surface area contributed by atoms with E-state index in [0.29, 0.717) is 24.5 Å². The van der Waals surface area contributed by atoms with E-state index < -0.39 is 10.0 Å². The minimum atomic E-state index is -3.56. The molecule has 1 fully saturated rings. The summed E-state index contributed by atoms with van der Waals surface area (Å²) in [6, 6.07) is 6.82. The zero-order valence-corrected chi connectivity index (χ0v) is 14.7. The first-order chi connectivity index (χ1) is 10.8. The molecule has 1 aromatic rings. The number of likely N-dealkylation sites (tertiary alicyclic amines) is 1. The summed E-state index contributed by atoms with van der Waals surface area (Å²) in [5, 5.41) is 0. The molecule has 0 bridgehead atoms. The second-order valence-corrected chi connectivity index (χ2v) is 7.93. The van der Waals surface area contributed by atoms with Gasteiger partial charge in [0.05, 0.1) is 18.0 Å². The fourth-order valence-electron chi connectivity index (χ4n) is 2.57. The summed E-state index contributed by atoms with van der Waals surface area (Å²) < 4.78 is 31.0. The average Bonchev–Trinajstić information content (AvgIpc) is 2.97. The van der Waals surface area contributed by atoms with Crippen LogP contribution in [0.25, 0.3) is 0 Å². The molecule has 7 heteroatoms. The number of amides is 1. The Morgan fingerprint density at radius 2 is 1.96 bits per heavy atom. The van der Waals surface area contributed by atoms with Gasteiger partial charge in [0, 0.05) is 19.2 Å². The van der Waals surface area contributed by atoms with E-state index in [1.165, 1.54) is 0 Å². The average molecular weight is 340 g/mol. The van der Waals surface area contributed by atoms with Crippen molar-refractivity contribution in [1.82, 2.24) is 4.90 Å². The zero-order valence-electron chi connectivity index (χ0n) is 13.9. The van der Waals surface area contributed by atoms with Gasteiger partial charge in [0.1, 0.15) is 12.3 Å². The van der Waals surface area contributed by atoms with E-state index in [-0.39, 0.29) is 18.6 Å². The normalized spacial score (nSPS) is 15.0. The Labute approximate surface area is 138 Å². The summed E-state index contributed by atoms with van der Waals surface area (Å²) in [5.74, 6) is 0.419. The monoisotopic (exact) mass is 340 g/mol. The van der Waals surface area contributed by atoms with Crippen LogP contribution < -0.4 is 9.04 Å². The molecule has 23 heavy (non-hydrogen) atoms. The van der Waals surface area contributed by atoms with Crippen LogP contribution in [-0.2, 0) is 14.8 Å². The predicted octanol–water partition coefficient (Wildman–Crippen LogP) is 1.86. The van der Waals surface area contributed by atoms with E-state index in [1.54, 1.807) is 29.2 Å². The van der Waals surface area contributed by atoms with Crippen LogP contribution in [0.3, 0.4) is 0 Å². The maximum atomic E-state index is 12.3. The number of ether oxygens (including phenoxy) is 1. The number of carbonyl (C=O) groups excluding carboxylic acids is 1. The molecule has 0 spiro atoms. The number of hydrogen-bond donors (Lipinski definition) is 0. The van der Waals surface area contributed by atoms with Gasteiger partial charge in [-0.2, -0.15) is 0 Å². The van der Waals surface area contributed by atoms with E-state index in [1.807, 2.05) is 13.8 Å². The third kappa shape index (κ3) is 4.86. The molecule has 128 valence electrons. The molecule has 0 saturated carbocycles. The Morgan fingerprint density at radius 3 is 2.52 bits per heavy atom. The van der Waals surface area contributed by atoms with E-state index in [4.69, 9.17) is 4.74 Å². The van der Waals surface area contributed by atoms with Crippen molar-refractivity contribution in [2.45, 2.75) is 32.8 Å². The SMILES string of the molecule is CC(C)Oc1cccc(N(CC(=O)N2CCCC2)S(C)(=O)=O)c1. The molecule has 0 aromatic heterocycles. The molecule has 1 heterocycles. The van der Waals surface area contributed by atoms with Crippen molar-refractivity contribution in [3.05, 3.63) is 24.3 Å². The maximum Gasteiger partial charge on any atom is 0.243 e. The predicted molar refractivity (Wildman–Crippen MR) is 90.2 cm³/mol. The summed E-state index contributed by atoms with van der Waals surface area (Å²) in [6.07, 6.45) is 3.05. The Balaban J connectivity index is 2.23. The van der Waals surface area contributed by atoms with Crippen LogP contribution in [0, 0.1) is 0 Å². The number of carbonyl (C=O) groups is 1. The van der Waals surface area contributed by atoms with Crippen LogP contribution in [-0.4, -0.2) is 51.2 Å². The molecule has 1 saturated heterocycles. The number of sulfonamides is 1. The second-order valence-electron chi connectivity index (χ2n) is 6.02. The van der Waals surface area contributed by atoms with Crippen molar-refractivity contribution < 1.29 is 17.9 Å². The fraction of sp³-hybridized carbons (Fsp3) is 0.562. The van der Waals surface area contributed by atoms with Gasteiger partial charge in [0.2, 0.25) is 15.9 Å². The third-order valence-corrected chi connectivity index (χ3v) is 4.76. The largest absolute Gasteiger partial charge is 0.491 e. The first-order valence-electron chi connectivity index (χ1n) is 7.79. The number of anilines is 1. The second kappa shape index (κ2) is 7.21. The number of rotatable bonds is 6. The Hall–Kier alpha value is -1.76. The first kappa shape index (κ1) is 17.6. The lowest BCUT2D eigenvalue weighted by atomic mass is 10.3. The molecule has 0 radical (unpaired) electrons. The molecule has 0 N–H and O–H groups in total. The van der Waals surface area contributed by atoms with E-state index in [2.05, 4.69) is 0 Å². The first-order valence-corrected chi connectivity index (χ1v) is 9.64. The lowest BCUT2D eigenvalue weighted by Crippen LogP contribution is -2.41. The van der Waals surface area contributed by atoms with Crippen molar-refractivity contribution >= 4 is 21.6 Å². The maximum absolute atomic E-state index is 12.3. The van der Waals surface area contributed by atoms with Gasteiger partial charge in [-0.1, -0.05) is 6.07 Å². The fourth-order valence-corrected chi connectivity index (χ4v) is 3.41. The van der Waals surface area contributed by atoms with Crippen LogP contribution in [0.2, 0.25) is 0 Å². The topological polar surface area (TPSA) is 66.9 Å². The quantitative estimate of drug-likeness (QED) is 0.793. The van der Waals surface area contributed by atoms with Gasteiger partial charge in [-0.15, -0.1) is 0 Å². The molecular weight excluding hydrogens is 316 g/mol. The van der Waals surface area contributed by atoms with Crippen molar-refractivity contribution in [3.63, 3.8) is 0 Å². The van der Waals surface area contributed by atoms with Crippen LogP contribution in [0.4, 0.5) is 5.69 Å². The molecular formula is C16H24N2O4S. The summed E-state index contributed by atoms with van der Waals surface area (Å²) >= 11 is 0. The molecule has 2 rings (SSSR count). The Bertz CT molecular complexity index is 652. The van der Waals surface area contributed by atoms with Gasteiger partial charge >= 0.3 is 0 Å². The third-order valence-electron chi connectivity index (χ3n) is 3.62. The summed E-state index contributed by atoms with van der Waals surface area (Å²) in [5.41, 5.74) is 0.443. The minimum Gasteiger partial charge on any atom is -0.491 e.